The molecule has 0 amide bonds. The number of nitrogens with two attached hydrogens (primary N) is 3. The molecule has 2 aromatic rings. The van der Waals surface area contributed by atoms with Gasteiger partial charge in [0.25, 0.3) is 0 Å². The van der Waals surface area contributed by atoms with E-state index in [0.29, 0.717) is 40.9 Å². The SMILES string of the molecule is COc1ccc2c(c1OC)OC1c3c(cc(OC4OC(C(OC(=O)CC(=O)O)C(N)N)C(O)C(O)C4O)cc3C3=CC=C(N)NC3)OC3(CCCC3)C21. The number of carboxylic acid groups (broad SMARTS) is 1. The van der Waals surface area contributed by atoms with Gasteiger partial charge in [0.15, 0.2) is 17.6 Å². The second-order valence-electron chi connectivity index (χ2n) is 13.8. The number of rotatable bonds is 10. The third-order valence-corrected chi connectivity index (χ3v) is 10.6. The van der Waals surface area contributed by atoms with Gasteiger partial charge in [-0.15, -0.1) is 0 Å². The maximum atomic E-state index is 12.3. The minimum absolute atomic E-state index is 0.159. The quantitative estimate of drug-likeness (QED) is 0.0920. The van der Waals surface area contributed by atoms with Crippen LogP contribution in [0.3, 0.4) is 0 Å². The van der Waals surface area contributed by atoms with Crippen LogP contribution < -0.4 is 46.2 Å². The van der Waals surface area contributed by atoms with Crippen LogP contribution in [0.2, 0.25) is 0 Å². The third kappa shape index (κ3) is 6.46. The van der Waals surface area contributed by atoms with Gasteiger partial charge in [0.2, 0.25) is 12.0 Å². The van der Waals surface area contributed by atoms with Crippen LogP contribution in [0.5, 0.6) is 28.7 Å². The summed E-state index contributed by atoms with van der Waals surface area (Å²) in [7, 11) is 3.13. The first-order chi connectivity index (χ1) is 25.3. The Bertz CT molecular complexity index is 1830. The van der Waals surface area contributed by atoms with E-state index in [4.69, 9.17) is 55.5 Å². The fourth-order valence-corrected chi connectivity index (χ4v) is 8.15. The molecule has 7 rings (SSSR count). The Morgan fingerprint density at radius 3 is 2.43 bits per heavy atom. The molecule has 1 spiro atoms. The molecule has 1 aliphatic carbocycles. The number of carboxylic acids is 1. The zero-order chi connectivity index (χ0) is 37.8. The average molecular weight is 741 g/mol. The van der Waals surface area contributed by atoms with E-state index in [9.17, 15) is 24.9 Å². The zero-order valence-electron chi connectivity index (χ0n) is 29.1. The molecule has 2 fully saturated rings. The molecule has 4 aliphatic heterocycles. The summed E-state index contributed by atoms with van der Waals surface area (Å²) in [6.45, 7) is 0.345. The molecule has 2 aromatic carbocycles. The van der Waals surface area contributed by atoms with Crippen LogP contribution in [0.25, 0.3) is 5.57 Å². The summed E-state index contributed by atoms with van der Waals surface area (Å²) >= 11 is 0. The van der Waals surface area contributed by atoms with Gasteiger partial charge in [0, 0.05) is 23.7 Å². The fraction of sp³-hybridized carbons (Fsp3) is 0.500. The number of hydrogen-bond acceptors (Lipinski definition) is 16. The summed E-state index contributed by atoms with van der Waals surface area (Å²) < 4.78 is 42.6. The highest BCUT2D eigenvalue weighted by Crippen LogP contribution is 2.65. The monoisotopic (exact) mass is 740 g/mol. The van der Waals surface area contributed by atoms with E-state index < -0.39 is 73.0 Å². The molecular formula is C36H44N4O13. The van der Waals surface area contributed by atoms with Crippen molar-refractivity contribution in [1.29, 1.82) is 0 Å². The number of methoxy groups -OCH3 is 2. The molecular weight excluding hydrogens is 696 g/mol. The van der Waals surface area contributed by atoms with Crippen molar-refractivity contribution in [2.75, 3.05) is 20.8 Å². The molecule has 53 heavy (non-hydrogen) atoms. The Hall–Kier alpha value is -4.78. The lowest BCUT2D eigenvalue weighted by Gasteiger charge is -2.45. The van der Waals surface area contributed by atoms with E-state index in [1.54, 1.807) is 32.4 Å². The van der Waals surface area contributed by atoms with Gasteiger partial charge in [-0.1, -0.05) is 12.1 Å². The molecule has 4 heterocycles. The van der Waals surface area contributed by atoms with Crippen molar-refractivity contribution < 1.29 is 63.2 Å². The standard InChI is InChI=1S/C36H44N4O13/c1-47-19-7-6-17-25-31(51-29(17)30(19)48-2)24-18(15-5-8-21(37)40-14-15)11-16(12-20(24)53-36(25)9-3-4-10-36)49-35-28(46)26(44)27(45)32(52-35)33(34(38)39)50-23(43)13-22(41)42/h5-8,11-12,25-28,31-35,40,44-46H,3-4,9-10,13-14,37-39H2,1-2H3,(H,41,42). The Labute approximate surface area is 304 Å². The first kappa shape index (κ1) is 36.6. The molecule has 5 aliphatic rings. The first-order valence-corrected chi connectivity index (χ1v) is 17.3. The van der Waals surface area contributed by atoms with E-state index in [1.165, 1.54) is 0 Å². The van der Waals surface area contributed by atoms with E-state index >= 15 is 0 Å². The summed E-state index contributed by atoms with van der Waals surface area (Å²) in [5.41, 5.74) is 20.3. The molecule has 8 unspecified atom stereocenters. The lowest BCUT2D eigenvalue weighted by molar-refractivity contribution is -0.291. The predicted molar refractivity (Wildman–Crippen MR) is 184 cm³/mol. The van der Waals surface area contributed by atoms with Gasteiger partial charge < -0.3 is 76.1 Å². The summed E-state index contributed by atoms with van der Waals surface area (Å²) in [5, 5.41) is 45.0. The van der Waals surface area contributed by atoms with Crippen molar-refractivity contribution in [3.63, 3.8) is 0 Å². The van der Waals surface area contributed by atoms with Gasteiger partial charge in [0.1, 0.15) is 54.0 Å². The molecule has 1 saturated heterocycles. The number of allylic oxidation sites excluding steroid dienone is 2. The van der Waals surface area contributed by atoms with Crippen LogP contribution in [0, 0.1) is 0 Å². The fourth-order valence-electron chi connectivity index (χ4n) is 8.15. The number of aliphatic hydroxyl groups is 3. The molecule has 0 aromatic heterocycles. The van der Waals surface area contributed by atoms with Crippen LogP contribution in [-0.4, -0.2) is 102 Å². The average Bonchev–Trinajstić information content (AvgIpc) is 3.75. The number of aliphatic carboxylic acids is 1. The van der Waals surface area contributed by atoms with Crippen molar-refractivity contribution in [3.8, 4) is 28.7 Å². The van der Waals surface area contributed by atoms with Crippen molar-refractivity contribution in [2.45, 2.75) is 92.7 Å². The molecule has 17 nitrogen and oxygen atoms in total. The second kappa shape index (κ2) is 14.2. The van der Waals surface area contributed by atoms with Crippen molar-refractivity contribution >= 4 is 17.5 Å². The maximum Gasteiger partial charge on any atom is 0.317 e. The van der Waals surface area contributed by atoms with Gasteiger partial charge in [-0.25, -0.2) is 0 Å². The number of nitrogens with one attached hydrogen (secondary N) is 1. The first-order valence-electron chi connectivity index (χ1n) is 17.3. The molecule has 286 valence electrons. The Morgan fingerprint density at radius 2 is 1.79 bits per heavy atom. The van der Waals surface area contributed by atoms with Crippen LogP contribution in [0.1, 0.15) is 60.8 Å². The summed E-state index contributed by atoms with van der Waals surface area (Å²) in [6.07, 6.45) is -6.44. The topological polar surface area (TPSA) is 270 Å². The van der Waals surface area contributed by atoms with Crippen LogP contribution in [-0.2, 0) is 19.1 Å². The Kier molecular flexibility index (Phi) is 9.81. The summed E-state index contributed by atoms with van der Waals surface area (Å²) in [6, 6.07) is 7.24. The number of hydrogen-bond donors (Lipinski definition) is 8. The van der Waals surface area contributed by atoms with Crippen LogP contribution >= 0.6 is 0 Å². The lowest BCUT2D eigenvalue weighted by Crippen LogP contribution is -2.66. The highest BCUT2D eigenvalue weighted by atomic mass is 16.7. The molecule has 11 N–H and O–H groups in total. The normalized spacial score (nSPS) is 28.6. The maximum absolute atomic E-state index is 12.3. The third-order valence-electron chi connectivity index (χ3n) is 10.6. The molecule has 8 atom stereocenters. The smallest absolute Gasteiger partial charge is 0.317 e. The van der Waals surface area contributed by atoms with Crippen LogP contribution in [0.4, 0.5) is 0 Å². The number of aliphatic hydroxyl groups excluding tert-OH is 3. The number of carbonyl (C=O) groups is 2. The summed E-state index contributed by atoms with van der Waals surface area (Å²) in [4.78, 5) is 23.3. The van der Waals surface area contributed by atoms with Gasteiger partial charge in [-0.05, 0) is 55.0 Å². The molecule has 0 bridgehead atoms. The molecule has 0 radical (unpaired) electrons. The number of esters is 1. The van der Waals surface area contributed by atoms with E-state index in [2.05, 4.69) is 5.32 Å². The predicted octanol–water partition coefficient (Wildman–Crippen LogP) is 0.229. The highest BCUT2D eigenvalue weighted by molar-refractivity contribution is 5.90. The Balaban J connectivity index is 1.29. The minimum Gasteiger partial charge on any atom is -0.493 e. The number of carbonyl (C=O) groups excluding carboxylic acids is 1. The van der Waals surface area contributed by atoms with Gasteiger partial charge >= 0.3 is 11.9 Å². The van der Waals surface area contributed by atoms with E-state index in [-0.39, 0.29) is 11.7 Å². The molecule has 1 saturated carbocycles. The largest absolute Gasteiger partial charge is 0.493 e. The summed E-state index contributed by atoms with van der Waals surface area (Å²) in [5.74, 6) is -0.184. The highest BCUT2D eigenvalue weighted by Gasteiger charge is 2.58. The molecule has 17 heteroatoms. The zero-order valence-corrected chi connectivity index (χ0v) is 29.1. The minimum atomic E-state index is -1.87. The van der Waals surface area contributed by atoms with E-state index in [0.717, 1.165) is 42.4 Å². The van der Waals surface area contributed by atoms with Gasteiger partial charge in [0.05, 0.1) is 32.1 Å². The van der Waals surface area contributed by atoms with Gasteiger partial charge in [-0.3, -0.25) is 9.59 Å². The van der Waals surface area contributed by atoms with Crippen molar-refractivity contribution in [2.24, 2.45) is 17.2 Å². The van der Waals surface area contributed by atoms with E-state index in [1.807, 2.05) is 18.2 Å². The van der Waals surface area contributed by atoms with Crippen molar-refractivity contribution in [1.82, 2.24) is 5.32 Å². The van der Waals surface area contributed by atoms with Crippen LogP contribution in [0.15, 0.2) is 42.2 Å². The van der Waals surface area contributed by atoms with Gasteiger partial charge in [-0.2, -0.15) is 0 Å². The number of benzene rings is 2. The Morgan fingerprint density at radius 1 is 1.04 bits per heavy atom. The second-order valence-corrected chi connectivity index (χ2v) is 13.8. The number of ether oxygens (including phenoxy) is 7. The lowest BCUT2D eigenvalue weighted by atomic mass is 9.72. The van der Waals surface area contributed by atoms with Crippen molar-refractivity contribution in [3.05, 3.63) is 58.9 Å². The number of fused-ring (bicyclic) bond motifs is 6. The number of dihydropyridines is 1.